The molecule has 0 heterocycles. The zero-order chi connectivity index (χ0) is 15.3. The lowest BCUT2D eigenvalue weighted by atomic mass is 10.1. The van der Waals surface area contributed by atoms with Crippen molar-refractivity contribution in [3.63, 3.8) is 0 Å². The Bertz CT molecular complexity index is 449. The number of aliphatic hydroxyl groups excluding tert-OH is 1. The summed E-state index contributed by atoms with van der Waals surface area (Å²) in [6, 6.07) is 3.00. The third kappa shape index (κ3) is 5.67. The molecule has 0 aliphatic rings. The van der Waals surface area contributed by atoms with Gasteiger partial charge in [0.15, 0.2) is 6.29 Å². The van der Waals surface area contributed by atoms with E-state index in [1.165, 1.54) is 12.1 Å². The molecule has 0 radical (unpaired) electrons. The largest absolute Gasteiger partial charge is 0.491 e. The van der Waals surface area contributed by atoms with Gasteiger partial charge in [-0.05, 0) is 32.9 Å². The lowest BCUT2D eigenvalue weighted by molar-refractivity contribution is 0.1000. The molecule has 1 aromatic carbocycles. The fourth-order valence-electron chi connectivity index (χ4n) is 1.43. The van der Waals surface area contributed by atoms with Gasteiger partial charge in [-0.1, -0.05) is 23.2 Å². The molecule has 1 unspecified atom stereocenters. The van der Waals surface area contributed by atoms with Gasteiger partial charge < -0.3 is 15.2 Å². The molecule has 0 saturated carbocycles. The first-order chi connectivity index (χ1) is 9.23. The van der Waals surface area contributed by atoms with E-state index in [9.17, 15) is 9.90 Å². The number of aldehydes is 1. The highest BCUT2D eigenvalue weighted by atomic mass is 35.5. The van der Waals surface area contributed by atoms with E-state index in [0.29, 0.717) is 18.6 Å². The second-order valence-electron chi connectivity index (χ2n) is 5.51. The number of hydrogen-bond acceptors (Lipinski definition) is 4. The SMILES string of the molecule is CC(C)(C)NCC(O)COc1cc(Cl)c(C=O)c(Cl)c1. The van der Waals surface area contributed by atoms with Crippen LogP contribution in [-0.2, 0) is 0 Å². The molecule has 0 saturated heterocycles. The molecule has 2 N–H and O–H groups in total. The summed E-state index contributed by atoms with van der Waals surface area (Å²) in [7, 11) is 0. The summed E-state index contributed by atoms with van der Waals surface area (Å²) in [5.41, 5.74) is 0.162. The molecule has 0 aliphatic carbocycles. The molecule has 0 aliphatic heterocycles. The average molecular weight is 320 g/mol. The number of ether oxygens (including phenoxy) is 1. The van der Waals surface area contributed by atoms with Crippen LogP contribution in [0.2, 0.25) is 10.0 Å². The molecule has 0 amide bonds. The van der Waals surface area contributed by atoms with Crippen LogP contribution in [0.4, 0.5) is 0 Å². The fourth-order valence-corrected chi connectivity index (χ4v) is 1.99. The first kappa shape index (κ1) is 17.2. The Morgan fingerprint density at radius 3 is 2.35 bits per heavy atom. The Kier molecular flexibility index (Phi) is 6.27. The quantitative estimate of drug-likeness (QED) is 0.791. The maximum Gasteiger partial charge on any atom is 0.153 e. The fraction of sp³-hybridized carbons (Fsp3) is 0.500. The van der Waals surface area contributed by atoms with E-state index in [1.807, 2.05) is 20.8 Å². The molecule has 1 atom stereocenters. The van der Waals surface area contributed by atoms with Crippen LogP contribution < -0.4 is 10.1 Å². The smallest absolute Gasteiger partial charge is 0.153 e. The van der Waals surface area contributed by atoms with E-state index < -0.39 is 6.10 Å². The van der Waals surface area contributed by atoms with Crippen LogP contribution in [0, 0.1) is 0 Å². The van der Waals surface area contributed by atoms with Crippen LogP contribution in [0.1, 0.15) is 31.1 Å². The molecule has 0 spiro atoms. The molecule has 1 rings (SSSR count). The van der Waals surface area contributed by atoms with Gasteiger partial charge in [-0.15, -0.1) is 0 Å². The highest BCUT2D eigenvalue weighted by molar-refractivity contribution is 6.38. The minimum absolute atomic E-state index is 0.0702. The molecule has 6 heteroatoms. The Balaban J connectivity index is 2.56. The highest BCUT2D eigenvalue weighted by Gasteiger charge is 2.13. The normalized spacial score (nSPS) is 13.1. The van der Waals surface area contributed by atoms with E-state index in [2.05, 4.69) is 5.32 Å². The van der Waals surface area contributed by atoms with Crippen LogP contribution in [0.25, 0.3) is 0 Å². The lowest BCUT2D eigenvalue weighted by Crippen LogP contribution is -2.42. The van der Waals surface area contributed by atoms with Crippen LogP contribution in [-0.4, -0.2) is 36.2 Å². The third-order valence-corrected chi connectivity index (χ3v) is 3.11. The standard InChI is InChI=1S/C14H19Cl2NO3/c1-14(2,3)17-6-9(19)8-20-10-4-12(15)11(7-18)13(16)5-10/h4-5,7,9,17,19H,6,8H2,1-3H3. The maximum absolute atomic E-state index is 10.7. The first-order valence-corrected chi connectivity index (χ1v) is 6.98. The number of hydrogen-bond donors (Lipinski definition) is 2. The minimum Gasteiger partial charge on any atom is -0.491 e. The monoisotopic (exact) mass is 319 g/mol. The van der Waals surface area contributed by atoms with E-state index in [4.69, 9.17) is 27.9 Å². The number of benzene rings is 1. The molecular weight excluding hydrogens is 301 g/mol. The number of β-amino-alcohol motifs (C(OH)–C–C–N with tert-alkyl or cyclic N) is 1. The molecular formula is C14H19Cl2NO3. The van der Waals surface area contributed by atoms with Crippen molar-refractivity contribution < 1.29 is 14.6 Å². The maximum atomic E-state index is 10.7. The molecule has 1 aromatic rings. The minimum atomic E-state index is -0.655. The summed E-state index contributed by atoms with van der Waals surface area (Å²) in [6.45, 7) is 6.56. The first-order valence-electron chi connectivity index (χ1n) is 6.23. The third-order valence-electron chi connectivity index (χ3n) is 2.48. The van der Waals surface area contributed by atoms with Crippen molar-refractivity contribution in [1.29, 1.82) is 0 Å². The van der Waals surface area contributed by atoms with Gasteiger partial charge >= 0.3 is 0 Å². The van der Waals surface area contributed by atoms with Crippen LogP contribution >= 0.6 is 23.2 Å². The summed E-state index contributed by atoms with van der Waals surface area (Å²) >= 11 is 11.8. The molecule has 0 fully saturated rings. The van der Waals surface area contributed by atoms with Crippen molar-refractivity contribution in [1.82, 2.24) is 5.32 Å². The topological polar surface area (TPSA) is 58.6 Å². The molecule has 20 heavy (non-hydrogen) atoms. The van der Waals surface area contributed by atoms with E-state index in [0.717, 1.165) is 0 Å². The number of halogens is 2. The van der Waals surface area contributed by atoms with Crippen molar-refractivity contribution in [2.75, 3.05) is 13.2 Å². The summed E-state index contributed by atoms with van der Waals surface area (Å²) in [4.78, 5) is 10.7. The Morgan fingerprint density at radius 1 is 1.35 bits per heavy atom. The van der Waals surface area contributed by atoms with E-state index in [1.54, 1.807) is 0 Å². The number of aliphatic hydroxyl groups is 1. The van der Waals surface area contributed by atoms with Crippen molar-refractivity contribution in [2.45, 2.75) is 32.4 Å². The van der Waals surface area contributed by atoms with Gasteiger partial charge in [0.2, 0.25) is 0 Å². The Labute approximate surface area is 129 Å². The second kappa shape index (κ2) is 7.27. The van der Waals surface area contributed by atoms with Crippen molar-refractivity contribution in [3.05, 3.63) is 27.7 Å². The number of carbonyl (C=O) groups is 1. The van der Waals surface area contributed by atoms with Crippen LogP contribution in [0.5, 0.6) is 5.75 Å². The summed E-state index contributed by atoms with van der Waals surface area (Å²) in [5, 5.41) is 13.4. The summed E-state index contributed by atoms with van der Waals surface area (Å²) in [6.07, 6.45) is -0.0613. The predicted octanol–water partition coefficient (Wildman–Crippen LogP) is 2.93. The van der Waals surface area contributed by atoms with Gasteiger partial charge in [0.1, 0.15) is 18.5 Å². The second-order valence-corrected chi connectivity index (χ2v) is 6.33. The van der Waals surface area contributed by atoms with Crippen LogP contribution in [0.3, 0.4) is 0 Å². The summed E-state index contributed by atoms with van der Waals surface area (Å²) in [5.74, 6) is 0.417. The van der Waals surface area contributed by atoms with Crippen molar-refractivity contribution >= 4 is 29.5 Å². The van der Waals surface area contributed by atoms with Gasteiger partial charge in [-0.25, -0.2) is 0 Å². The van der Waals surface area contributed by atoms with Crippen molar-refractivity contribution in [3.8, 4) is 5.75 Å². The molecule has 0 bridgehead atoms. The van der Waals surface area contributed by atoms with E-state index >= 15 is 0 Å². The molecule has 4 nitrogen and oxygen atoms in total. The Hall–Kier alpha value is -0.810. The van der Waals surface area contributed by atoms with Gasteiger partial charge in [0.25, 0.3) is 0 Å². The highest BCUT2D eigenvalue weighted by Crippen LogP contribution is 2.29. The average Bonchev–Trinajstić information content (AvgIpc) is 2.32. The lowest BCUT2D eigenvalue weighted by Gasteiger charge is -2.23. The van der Waals surface area contributed by atoms with Gasteiger partial charge in [-0.2, -0.15) is 0 Å². The number of carbonyl (C=O) groups excluding carboxylic acids is 1. The zero-order valence-corrected chi connectivity index (χ0v) is 13.3. The zero-order valence-electron chi connectivity index (χ0n) is 11.7. The molecule has 112 valence electrons. The number of nitrogens with one attached hydrogen (secondary N) is 1. The molecule has 0 aromatic heterocycles. The Morgan fingerprint density at radius 2 is 1.90 bits per heavy atom. The van der Waals surface area contributed by atoms with Gasteiger partial charge in [-0.3, -0.25) is 4.79 Å². The van der Waals surface area contributed by atoms with Gasteiger partial charge in [0.05, 0.1) is 15.6 Å². The van der Waals surface area contributed by atoms with Crippen molar-refractivity contribution in [2.24, 2.45) is 0 Å². The van der Waals surface area contributed by atoms with Crippen LogP contribution in [0.15, 0.2) is 12.1 Å². The number of rotatable bonds is 6. The van der Waals surface area contributed by atoms with E-state index in [-0.39, 0.29) is 27.8 Å². The summed E-state index contributed by atoms with van der Waals surface area (Å²) < 4.78 is 5.42. The van der Waals surface area contributed by atoms with Gasteiger partial charge in [0, 0.05) is 12.1 Å². The predicted molar refractivity (Wildman–Crippen MR) is 81.1 cm³/mol.